The Morgan fingerprint density at radius 1 is 1.03 bits per heavy atom. The molecule has 0 aliphatic carbocycles. The summed E-state index contributed by atoms with van der Waals surface area (Å²) in [4.78, 5) is 29.2. The van der Waals surface area contributed by atoms with Gasteiger partial charge in [0.05, 0.1) is 19.3 Å². The summed E-state index contributed by atoms with van der Waals surface area (Å²) in [5.41, 5.74) is 2.65. The number of aromatic nitrogens is 2. The Morgan fingerprint density at radius 3 is 2.41 bits per heavy atom. The lowest BCUT2D eigenvalue weighted by Gasteiger charge is -2.43. The second kappa shape index (κ2) is 10.1. The maximum atomic E-state index is 13.9. The molecule has 2 heterocycles. The monoisotopic (exact) mass is 514 g/mol. The van der Waals surface area contributed by atoms with Crippen molar-refractivity contribution in [2.24, 2.45) is 0 Å². The largest absolute Gasteiger partial charge is 0.497 e. The van der Waals surface area contributed by atoms with Gasteiger partial charge in [0.15, 0.2) is 0 Å². The minimum Gasteiger partial charge on any atom is -0.497 e. The third-order valence-electron chi connectivity index (χ3n) is 6.72. The van der Waals surface area contributed by atoms with Crippen LogP contribution in [0.5, 0.6) is 5.75 Å². The van der Waals surface area contributed by atoms with Crippen molar-refractivity contribution in [3.8, 4) is 17.0 Å². The number of methoxy groups -OCH3 is 1. The molecule has 7 nitrogen and oxygen atoms in total. The van der Waals surface area contributed by atoms with Gasteiger partial charge in [-0.1, -0.05) is 54.1 Å². The second-order valence-electron chi connectivity index (χ2n) is 9.26. The van der Waals surface area contributed by atoms with E-state index in [9.17, 15) is 9.59 Å². The quantitative estimate of drug-likeness (QED) is 0.379. The number of benzene rings is 3. The average molecular weight is 515 g/mol. The Kier molecular flexibility index (Phi) is 6.72. The van der Waals surface area contributed by atoms with Gasteiger partial charge in [-0.2, -0.15) is 5.10 Å². The molecule has 0 saturated heterocycles. The molecule has 1 aromatic heterocycles. The number of nitrogens with zero attached hydrogens (tertiary/aromatic N) is 3. The molecular weight excluding hydrogens is 488 g/mol. The highest BCUT2D eigenvalue weighted by molar-refractivity contribution is 6.30. The van der Waals surface area contributed by atoms with Crippen LogP contribution in [0.15, 0.2) is 84.9 Å². The number of nitrogens with one attached hydrogen (secondary N) is 1. The number of rotatable bonds is 7. The minimum absolute atomic E-state index is 0.221. The van der Waals surface area contributed by atoms with Crippen LogP contribution in [0.25, 0.3) is 11.3 Å². The molecule has 3 aromatic carbocycles. The maximum Gasteiger partial charge on any atom is 0.273 e. The van der Waals surface area contributed by atoms with Crippen molar-refractivity contribution >= 4 is 23.4 Å². The summed E-state index contributed by atoms with van der Waals surface area (Å²) in [6.45, 7) is 2.63. The van der Waals surface area contributed by atoms with E-state index in [2.05, 4.69) is 5.32 Å². The number of hydrogen-bond donors (Lipinski definition) is 1. The van der Waals surface area contributed by atoms with Gasteiger partial charge in [0.1, 0.15) is 17.0 Å². The van der Waals surface area contributed by atoms with Gasteiger partial charge in [-0.25, -0.2) is 0 Å². The molecule has 4 aromatic rings. The predicted molar refractivity (Wildman–Crippen MR) is 142 cm³/mol. The summed E-state index contributed by atoms with van der Waals surface area (Å²) in [6, 6.07) is 26.3. The minimum atomic E-state index is -1.16. The maximum absolute atomic E-state index is 13.9. The predicted octanol–water partition coefficient (Wildman–Crippen LogP) is 4.94. The first kappa shape index (κ1) is 24.6. The van der Waals surface area contributed by atoms with E-state index >= 15 is 0 Å². The van der Waals surface area contributed by atoms with Gasteiger partial charge in [-0.15, -0.1) is 0 Å². The van der Waals surface area contributed by atoms with Crippen molar-refractivity contribution in [2.75, 3.05) is 7.11 Å². The van der Waals surface area contributed by atoms with E-state index in [0.717, 1.165) is 22.4 Å². The highest BCUT2D eigenvalue weighted by Gasteiger charge is 2.48. The SMILES string of the molecule is COc1ccc(-c2cc3n(n2)C[C@@](C)(C(=O)NCc2ccccc2)N(Cc2ccc(Cl)cc2)C3=O)cc1. The zero-order chi connectivity index (χ0) is 26.0. The Bertz CT molecular complexity index is 1420. The molecule has 188 valence electrons. The number of hydrogen-bond acceptors (Lipinski definition) is 4. The summed E-state index contributed by atoms with van der Waals surface area (Å²) in [5.74, 6) is 0.234. The van der Waals surface area contributed by atoms with Gasteiger partial charge in [-0.05, 0) is 60.5 Å². The van der Waals surface area contributed by atoms with Crippen LogP contribution in [0.4, 0.5) is 0 Å². The van der Waals surface area contributed by atoms with Crippen LogP contribution < -0.4 is 10.1 Å². The molecule has 8 heteroatoms. The number of carbonyl (C=O) groups excluding carboxylic acids is 2. The van der Waals surface area contributed by atoms with Crippen molar-refractivity contribution in [3.05, 3.63) is 107 Å². The van der Waals surface area contributed by atoms with Gasteiger partial charge in [-0.3, -0.25) is 14.3 Å². The first-order chi connectivity index (χ1) is 17.9. The summed E-state index contributed by atoms with van der Waals surface area (Å²) < 4.78 is 6.89. The van der Waals surface area contributed by atoms with Crippen LogP contribution in [0.1, 0.15) is 28.5 Å². The lowest BCUT2D eigenvalue weighted by Crippen LogP contribution is -2.63. The lowest BCUT2D eigenvalue weighted by atomic mass is 9.94. The van der Waals surface area contributed by atoms with E-state index in [4.69, 9.17) is 21.4 Å². The van der Waals surface area contributed by atoms with Crippen molar-refractivity contribution in [2.45, 2.75) is 32.1 Å². The Balaban J connectivity index is 1.49. The highest BCUT2D eigenvalue weighted by atomic mass is 35.5. The summed E-state index contributed by atoms with van der Waals surface area (Å²) in [7, 11) is 1.61. The molecule has 5 rings (SSSR count). The number of carbonyl (C=O) groups is 2. The Hall–Kier alpha value is -4.10. The van der Waals surface area contributed by atoms with Crippen LogP contribution in [0.2, 0.25) is 5.02 Å². The molecule has 2 amide bonds. The zero-order valence-corrected chi connectivity index (χ0v) is 21.4. The first-order valence-electron chi connectivity index (χ1n) is 12.0. The molecule has 1 aliphatic rings. The fourth-order valence-electron chi connectivity index (χ4n) is 4.53. The standard InChI is InChI=1S/C29H27ClN4O3/c1-29(28(36)31-17-20-6-4-3-5-7-20)19-34-26(16-25(32-34)22-10-14-24(37-2)15-11-22)27(35)33(29)18-21-8-12-23(30)13-9-21/h3-16H,17-19H2,1-2H3,(H,31,36)/t29-/m0/s1. The van der Waals surface area contributed by atoms with Gasteiger partial charge >= 0.3 is 0 Å². The van der Waals surface area contributed by atoms with E-state index in [1.165, 1.54) is 0 Å². The molecule has 0 fully saturated rings. The molecule has 1 aliphatic heterocycles. The fraction of sp³-hybridized carbons (Fsp3) is 0.207. The zero-order valence-electron chi connectivity index (χ0n) is 20.6. The number of fused-ring (bicyclic) bond motifs is 1. The van der Waals surface area contributed by atoms with E-state index in [-0.39, 0.29) is 24.9 Å². The molecule has 37 heavy (non-hydrogen) atoms. The molecule has 1 atom stereocenters. The Labute approximate surface area is 220 Å². The molecule has 0 radical (unpaired) electrons. The van der Waals surface area contributed by atoms with Gasteiger partial charge in [0, 0.05) is 23.7 Å². The van der Waals surface area contributed by atoms with Crippen molar-refractivity contribution in [3.63, 3.8) is 0 Å². The highest BCUT2D eigenvalue weighted by Crippen LogP contribution is 2.32. The van der Waals surface area contributed by atoms with Crippen molar-refractivity contribution in [1.82, 2.24) is 20.0 Å². The third-order valence-corrected chi connectivity index (χ3v) is 6.97. The van der Waals surface area contributed by atoms with Gasteiger partial charge in [0.2, 0.25) is 5.91 Å². The van der Waals surface area contributed by atoms with E-state index in [1.54, 1.807) is 41.8 Å². The number of halogens is 1. The normalized spacial score (nSPS) is 16.8. The summed E-state index contributed by atoms with van der Waals surface area (Å²) >= 11 is 6.07. The van der Waals surface area contributed by atoms with Crippen LogP contribution >= 0.6 is 11.6 Å². The lowest BCUT2D eigenvalue weighted by molar-refractivity contribution is -0.133. The number of amides is 2. The van der Waals surface area contributed by atoms with E-state index in [0.29, 0.717) is 23.0 Å². The summed E-state index contributed by atoms with van der Waals surface area (Å²) in [5, 5.41) is 8.35. The van der Waals surface area contributed by atoms with Crippen LogP contribution in [0.3, 0.4) is 0 Å². The van der Waals surface area contributed by atoms with Crippen molar-refractivity contribution in [1.29, 1.82) is 0 Å². The molecule has 1 N–H and O–H groups in total. The first-order valence-corrected chi connectivity index (χ1v) is 12.4. The third kappa shape index (κ3) is 4.95. The Morgan fingerprint density at radius 2 is 1.73 bits per heavy atom. The second-order valence-corrected chi connectivity index (χ2v) is 9.70. The van der Waals surface area contributed by atoms with E-state index < -0.39 is 5.54 Å². The van der Waals surface area contributed by atoms with Crippen molar-refractivity contribution < 1.29 is 14.3 Å². The van der Waals surface area contributed by atoms with E-state index in [1.807, 2.05) is 66.7 Å². The number of ether oxygens (including phenoxy) is 1. The molecule has 0 bridgehead atoms. The molecule has 0 spiro atoms. The van der Waals surface area contributed by atoms with Crippen LogP contribution in [-0.2, 0) is 24.4 Å². The average Bonchev–Trinajstić information content (AvgIpc) is 3.35. The van der Waals surface area contributed by atoms with Gasteiger partial charge in [0.25, 0.3) is 5.91 Å². The molecular formula is C29H27ClN4O3. The molecule has 0 unspecified atom stereocenters. The topological polar surface area (TPSA) is 76.5 Å². The van der Waals surface area contributed by atoms with Crippen LogP contribution in [0, 0.1) is 0 Å². The fourth-order valence-corrected chi connectivity index (χ4v) is 4.66. The smallest absolute Gasteiger partial charge is 0.273 e. The summed E-state index contributed by atoms with van der Waals surface area (Å²) in [6.07, 6.45) is 0. The molecule has 0 saturated carbocycles. The van der Waals surface area contributed by atoms with Gasteiger partial charge < -0.3 is 15.0 Å². The van der Waals surface area contributed by atoms with Crippen LogP contribution in [-0.4, -0.2) is 39.1 Å².